The van der Waals surface area contributed by atoms with Gasteiger partial charge in [0, 0.05) is 0 Å². The number of carbonyl (C=O) groups is 1. The summed E-state index contributed by atoms with van der Waals surface area (Å²) in [5.41, 5.74) is 1.19. The maximum absolute atomic E-state index is 12.8. The van der Waals surface area contributed by atoms with E-state index in [4.69, 9.17) is 20.8 Å². The Morgan fingerprint density at radius 2 is 1.94 bits per heavy atom. The minimum atomic E-state index is -4.54. The van der Waals surface area contributed by atoms with Gasteiger partial charge in [0.1, 0.15) is 5.75 Å². The van der Waals surface area contributed by atoms with Gasteiger partial charge < -0.3 is 14.5 Å². The van der Waals surface area contributed by atoms with E-state index >= 15 is 0 Å². The number of rotatable bonds is 7. The molecule has 1 N–H and O–H groups in total. The van der Waals surface area contributed by atoms with Gasteiger partial charge in [-0.25, -0.2) is 0 Å². The molecule has 31 heavy (non-hydrogen) atoms. The quantitative estimate of drug-likeness (QED) is 0.447. The summed E-state index contributed by atoms with van der Waals surface area (Å²) in [5.74, 6) is 0.152. The zero-order valence-corrected chi connectivity index (χ0v) is 18.0. The number of hydrogen-bond donors (Lipinski definition) is 1. The van der Waals surface area contributed by atoms with E-state index in [0.717, 1.165) is 41.1 Å². The Hall–Kier alpha value is -2.72. The second kappa shape index (κ2) is 9.61. The zero-order chi connectivity index (χ0) is 22.6. The van der Waals surface area contributed by atoms with Crippen molar-refractivity contribution < 1.29 is 27.1 Å². The van der Waals surface area contributed by atoms with Crippen molar-refractivity contribution in [2.75, 3.05) is 11.1 Å². The van der Waals surface area contributed by atoms with Gasteiger partial charge in [-0.05, 0) is 55.3 Å². The van der Waals surface area contributed by atoms with Crippen LogP contribution in [0.1, 0.15) is 22.6 Å². The number of aromatic nitrogens is 2. The summed E-state index contributed by atoms with van der Waals surface area (Å²) in [6, 6.07) is 8.36. The first-order valence-electron chi connectivity index (χ1n) is 8.93. The topological polar surface area (TPSA) is 77.2 Å². The molecule has 0 aliphatic rings. The maximum atomic E-state index is 12.8. The molecule has 6 nitrogen and oxygen atoms in total. The van der Waals surface area contributed by atoms with Crippen LogP contribution in [0.25, 0.3) is 0 Å². The molecule has 3 aromatic rings. The van der Waals surface area contributed by atoms with Crippen molar-refractivity contribution in [3.63, 3.8) is 0 Å². The summed E-state index contributed by atoms with van der Waals surface area (Å²) in [4.78, 5) is 12.1. The van der Waals surface area contributed by atoms with Crippen LogP contribution in [0.5, 0.6) is 5.75 Å². The predicted octanol–water partition coefficient (Wildman–Crippen LogP) is 5.67. The molecule has 1 amide bonds. The molecule has 0 saturated heterocycles. The Bertz CT molecular complexity index is 1090. The molecular weight excluding hydrogens is 455 g/mol. The average Bonchev–Trinajstić information content (AvgIpc) is 3.16. The Labute approximate surface area is 185 Å². The van der Waals surface area contributed by atoms with Gasteiger partial charge >= 0.3 is 6.18 Å². The number of alkyl halides is 3. The second-order valence-electron chi connectivity index (χ2n) is 6.53. The molecular formula is C20H17ClF3N3O3S. The molecule has 0 bridgehead atoms. The third kappa shape index (κ3) is 6.38. The number of amides is 1. The first kappa shape index (κ1) is 23.0. The van der Waals surface area contributed by atoms with E-state index in [1.54, 1.807) is 0 Å². The first-order valence-corrected chi connectivity index (χ1v) is 10.3. The number of thioether (sulfide) groups is 1. The van der Waals surface area contributed by atoms with Gasteiger partial charge in [-0.1, -0.05) is 29.4 Å². The molecule has 0 atom stereocenters. The average molecular weight is 472 g/mol. The summed E-state index contributed by atoms with van der Waals surface area (Å²) < 4.78 is 49.5. The lowest BCUT2D eigenvalue weighted by Gasteiger charge is -2.11. The first-order chi connectivity index (χ1) is 14.6. The van der Waals surface area contributed by atoms with Gasteiger partial charge in [0.15, 0.2) is 6.61 Å². The highest BCUT2D eigenvalue weighted by atomic mass is 35.5. The van der Waals surface area contributed by atoms with E-state index < -0.39 is 17.6 Å². The zero-order valence-electron chi connectivity index (χ0n) is 16.4. The van der Waals surface area contributed by atoms with Crippen LogP contribution in [0.2, 0.25) is 5.02 Å². The van der Waals surface area contributed by atoms with Gasteiger partial charge in [-0.15, -0.1) is 10.2 Å². The summed E-state index contributed by atoms with van der Waals surface area (Å²) >= 11 is 6.81. The number of nitrogens with zero attached hydrogens (tertiary/aromatic N) is 2. The molecule has 0 fully saturated rings. The fourth-order valence-electron chi connectivity index (χ4n) is 2.41. The molecule has 2 aromatic carbocycles. The highest BCUT2D eigenvalue weighted by molar-refractivity contribution is 7.99. The SMILES string of the molecule is Cc1ccc(OCc2nnc(SCC(=O)Nc3cc(C(F)(F)F)ccc3Cl)o2)cc1C. The largest absolute Gasteiger partial charge is 0.484 e. The number of halogens is 4. The van der Waals surface area contributed by atoms with Crippen molar-refractivity contribution in [3.05, 3.63) is 64.0 Å². The smallest absolute Gasteiger partial charge is 0.416 e. The van der Waals surface area contributed by atoms with Crippen LogP contribution < -0.4 is 10.1 Å². The third-order valence-corrected chi connectivity index (χ3v) is 5.33. The minimum Gasteiger partial charge on any atom is -0.484 e. The van der Waals surface area contributed by atoms with Crippen molar-refractivity contribution in [1.29, 1.82) is 0 Å². The van der Waals surface area contributed by atoms with Gasteiger partial charge in [-0.3, -0.25) is 4.79 Å². The lowest BCUT2D eigenvalue weighted by atomic mass is 10.1. The van der Waals surface area contributed by atoms with Crippen molar-refractivity contribution in [3.8, 4) is 5.75 Å². The Morgan fingerprint density at radius 3 is 2.65 bits per heavy atom. The Kier molecular flexibility index (Phi) is 7.11. The maximum Gasteiger partial charge on any atom is 0.416 e. The monoisotopic (exact) mass is 471 g/mol. The highest BCUT2D eigenvalue weighted by Gasteiger charge is 2.31. The molecule has 0 radical (unpaired) electrons. The number of benzene rings is 2. The molecule has 1 aromatic heterocycles. The molecule has 1 heterocycles. The van der Waals surface area contributed by atoms with Crippen LogP contribution in [0.15, 0.2) is 46.0 Å². The van der Waals surface area contributed by atoms with Crippen LogP contribution in [0, 0.1) is 13.8 Å². The number of aryl methyl sites for hydroxylation is 2. The molecule has 0 saturated carbocycles. The van der Waals surface area contributed by atoms with E-state index in [1.807, 2.05) is 32.0 Å². The molecule has 0 aliphatic heterocycles. The number of ether oxygens (including phenoxy) is 1. The minimum absolute atomic E-state index is 0.00471. The molecule has 0 spiro atoms. The Morgan fingerprint density at radius 1 is 1.16 bits per heavy atom. The summed E-state index contributed by atoms with van der Waals surface area (Å²) in [6.45, 7) is 4.03. The van der Waals surface area contributed by atoms with E-state index in [0.29, 0.717) is 5.75 Å². The van der Waals surface area contributed by atoms with Crippen LogP contribution in [0.3, 0.4) is 0 Å². The molecule has 0 unspecified atom stereocenters. The fourth-order valence-corrected chi connectivity index (χ4v) is 3.16. The van der Waals surface area contributed by atoms with Gasteiger partial charge in [0.05, 0.1) is 22.0 Å². The molecule has 11 heteroatoms. The van der Waals surface area contributed by atoms with Crippen LogP contribution in [-0.2, 0) is 17.6 Å². The lowest BCUT2D eigenvalue weighted by molar-refractivity contribution is -0.137. The third-order valence-electron chi connectivity index (χ3n) is 4.18. The second-order valence-corrected chi connectivity index (χ2v) is 7.86. The summed E-state index contributed by atoms with van der Waals surface area (Å²) in [7, 11) is 0. The van der Waals surface area contributed by atoms with Crippen molar-refractivity contribution in [2.24, 2.45) is 0 Å². The van der Waals surface area contributed by atoms with Crippen LogP contribution in [-0.4, -0.2) is 21.9 Å². The summed E-state index contributed by atoms with van der Waals surface area (Å²) in [6.07, 6.45) is -4.54. The number of hydrogen-bond acceptors (Lipinski definition) is 6. The van der Waals surface area contributed by atoms with E-state index in [9.17, 15) is 18.0 Å². The van der Waals surface area contributed by atoms with Crippen LogP contribution >= 0.6 is 23.4 Å². The van der Waals surface area contributed by atoms with Crippen LogP contribution in [0.4, 0.5) is 18.9 Å². The summed E-state index contributed by atoms with van der Waals surface area (Å²) in [5, 5.41) is 10.1. The number of nitrogens with one attached hydrogen (secondary N) is 1. The van der Waals surface area contributed by atoms with Crippen molar-refractivity contribution in [1.82, 2.24) is 10.2 Å². The normalized spacial score (nSPS) is 11.4. The molecule has 0 aliphatic carbocycles. The van der Waals surface area contributed by atoms with Crippen molar-refractivity contribution in [2.45, 2.75) is 31.9 Å². The lowest BCUT2D eigenvalue weighted by Crippen LogP contribution is -2.15. The predicted molar refractivity (Wildman–Crippen MR) is 110 cm³/mol. The van der Waals surface area contributed by atoms with Gasteiger partial charge in [-0.2, -0.15) is 13.2 Å². The highest BCUT2D eigenvalue weighted by Crippen LogP contribution is 2.34. The van der Waals surface area contributed by atoms with Gasteiger partial charge in [0.2, 0.25) is 5.91 Å². The number of anilines is 1. The van der Waals surface area contributed by atoms with E-state index in [2.05, 4.69) is 15.5 Å². The van der Waals surface area contributed by atoms with E-state index in [-0.39, 0.29) is 34.2 Å². The number of carbonyl (C=O) groups excluding carboxylic acids is 1. The van der Waals surface area contributed by atoms with E-state index in [1.165, 1.54) is 0 Å². The molecule has 164 valence electrons. The fraction of sp³-hybridized carbons (Fsp3) is 0.250. The standard InChI is InChI=1S/C20H17ClF3N3O3S/c1-11-3-5-14(7-12(11)2)29-9-18-26-27-19(30-18)31-10-17(28)25-16-8-13(20(22,23)24)4-6-15(16)21/h3-8H,9-10H2,1-2H3,(H,25,28). The van der Waals surface area contributed by atoms with Gasteiger partial charge in [0.25, 0.3) is 11.1 Å². The Balaban J connectivity index is 1.52. The van der Waals surface area contributed by atoms with Crippen molar-refractivity contribution >= 4 is 35.0 Å². The molecule has 3 rings (SSSR count).